The Kier molecular flexibility index (Phi) is 3.08. The van der Waals surface area contributed by atoms with Gasteiger partial charge in [0.2, 0.25) is 0 Å². The van der Waals surface area contributed by atoms with Crippen molar-refractivity contribution in [2.24, 2.45) is 0 Å². The number of halogens is 5. The van der Waals surface area contributed by atoms with Gasteiger partial charge in [-0.2, -0.15) is 13.2 Å². The van der Waals surface area contributed by atoms with Crippen LogP contribution in [0.2, 0.25) is 0 Å². The molecular formula is C9H7F5. The topological polar surface area (TPSA) is 0 Å². The van der Waals surface area contributed by atoms with E-state index in [0.29, 0.717) is 0 Å². The predicted octanol–water partition coefficient (Wildman–Crippen LogP) is 3.46. The maximum absolute atomic E-state index is 12.8. The van der Waals surface area contributed by atoms with Crippen molar-refractivity contribution in [2.75, 3.05) is 0 Å². The third-order valence-electron chi connectivity index (χ3n) is 1.69. The van der Waals surface area contributed by atoms with Crippen molar-refractivity contribution in [3.05, 3.63) is 35.4 Å². The Morgan fingerprint density at radius 1 is 1.07 bits per heavy atom. The second kappa shape index (κ2) is 3.94. The summed E-state index contributed by atoms with van der Waals surface area (Å²) in [6, 6.07) is 2.47. The summed E-state index contributed by atoms with van der Waals surface area (Å²) >= 11 is 0. The summed E-state index contributed by atoms with van der Waals surface area (Å²) in [7, 11) is 0. The lowest BCUT2D eigenvalue weighted by Crippen LogP contribution is -2.09. The van der Waals surface area contributed by atoms with Crippen LogP contribution in [0.1, 0.15) is 12.0 Å². The quantitative estimate of drug-likeness (QED) is 0.655. The molecule has 0 aliphatic rings. The SMILES string of the molecule is Fc1ccc(F)c(CCC(F)(F)F)c1. The van der Waals surface area contributed by atoms with Crippen LogP contribution in [0.5, 0.6) is 0 Å². The van der Waals surface area contributed by atoms with E-state index in [1.54, 1.807) is 0 Å². The van der Waals surface area contributed by atoms with Crippen LogP contribution in [0.15, 0.2) is 18.2 Å². The van der Waals surface area contributed by atoms with Gasteiger partial charge in [0.05, 0.1) is 0 Å². The molecule has 0 bridgehead atoms. The van der Waals surface area contributed by atoms with E-state index in [-0.39, 0.29) is 5.56 Å². The minimum atomic E-state index is -4.35. The van der Waals surface area contributed by atoms with E-state index >= 15 is 0 Å². The number of rotatable bonds is 2. The standard InChI is InChI=1S/C9H7F5/c10-7-1-2-8(11)6(5-7)3-4-9(12,13)14/h1-2,5H,3-4H2. The third kappa shape index (κ3) is 3.32. The highest BCUT2D eigenvalue weighted by atomic mass is 19.4. The molecule has 0 saturated heterocycles. The Morgan fingerprint density at radius 2 is 1.71 bits per heavy atom. The lowest BCUT2D eigenvalue weighted by Gasteiger charge is -2.06. The summed E-state index contributed by atoms with van der Waals surface area (Å²) in [6.45, 7) is 0. The van der Waals surface area contributed by atoms with Crippen molar-refractivity contribution in [3.8, 4) is 0 Å². The van der Waals surface area contributed by atoms with E-state index in [1.807, 2.05) is 0 Å². The highest BCUT2D eigenvalue weighted by Crippen LogP contribution is 2.23. The molecule has 0 aliphatic carbocycles. The van der Waals surface area contributed by atoms with E-state index in [1.165, 1.54) is 0 Å². The van der Waals surface area contributed by atoms with E-state index < -0.39 is 30.7 Å². The van der Waals surface area contributed by atoms with Crippen LogP contribution in [0.4, 0.5) is 22.0 Å². The largest absolute Gasteiger partial charge is 0.389 e. The highest BCUT2D eigenvalue weighted by Gasteiger charge is 2.27. The molecule has 0 heterocycles. The molecular weight excluding hydrogens is 203 g/mol. The van der Waals surface area contributed by atoms with Gasteiger partial charge in [0.1, 0.15) is 11.6 Å². The van der Waals surface area contributed by atoms with Gasteiger partial charge in [0.25, 0.3) is 0 Å². The van der Waals surface area contributed by atoms with E-state index in [0.717, 1.165) is 18.2 Å². The normalized spacial score (nSPS) is 11.8. The van der Waals surface area contributed by atoms with Crippen molar-refractivity contribution in [3.63, 3.8) is 0 Å². The lowest BCUT2D eigenvalue weighted by molar-refractivity contribution is -0.134. The fraction of sp³-hybridized carbons (Fsp3) is 0.333. The van der Waals surface area contributed by atoms with E-state index in [2.05, 4.69) is 0 Å². The summed E-state index contributed by atoms with van der Waals surface area (Å²) in [4.78, 5) is 0. The summed E-state index contributed by atoms with van der Waals surface area (Å²) in [5, 5.41) is 0. The van der Waals surface area contributed by atoms with Crippen LogP contribution in [0.3, 0.4) is 0 Å². The van der Waals surface area contributed by atoms with Gasteiger partial charge in [-0.15, -0.1) is 0 Å². The number of hydrogen-bond donors (Lipinski definition) is 0. The Labute approximate surface area is 77.4 Å². The van der Waals surface area contributed by atoms with Crippen LogP contribution < -0.4 is 0 Å². The van der Waals surface area contributed by atoms with Gasteiger partial charge in [-0.1, -0.05) is 0 Å². The zero-order chi connectivity index (χ0) is 10.8. The molecule has 0 radical (unpaired) electrons. The first-order valence-corrected chi connectivity index (χ1v) is 3.89. The van der Waals surface area contributed by atoms with E-state index in [9.17, 15) is 22.0 Å². The lowest BCUT2D eigenvalue weighted by atomic mass is 10.1. The van der Waals surface area contributed by atoms with Gasteiger partial charge < -0.3 is 0 Å². The molecule has 0 N–H and O–H groups in total. The third-order valence-corrected chi connectivity index (χ3v) is 1.69. The van der Waals surface area contributed by atoms with Gasteiger partial charge in [0, 0.05) is 6.42 Å². The monoisotopic (exact) mass is 210 g/mol. The average Bonchev–Trinajstić information content (AvgIpc) is 2.05. The van der Waals surface area contributed by atoms with Crippen molar-refractivity contribution in [2.45, 2.75) is 19.0 Å². The summed E-state index contributed by atoms with van der Waals surface area (Å²) < 4.78 is 60.6. The van der Waals surface area contributed by atoms with Gasteiger partial charge in [-0.05, 0) is 30.2 Å². The molecule has 0 aliphatic heterocycles. The van der Waals surface area contributed by atoms with Crippen molar-refractivity contribution in [1.29, 1.82) is 0 Å². The zero-order valence-corrected chi connectivity index (χ0v) is 7.04. The fourth-order valence-electron chi connectivity index (χ4n) is 1.01. The molecule has 78 valence electrons. The summed E-state index contributed by atoms with van der Waals surface area (Å²) in [5.74, 6) is -1.54. The van der Waals surface area contributed by atoms with Crippen LogP contribution in [-0.2, 0) is 6.42 Å². The molecule has 0 atom stereocenters. The van der Waals surface area contributed by atoms with Gasteiger partial charge in [-0.3, -0.25) is 0 Å². The molecule has 0 spiro atoms. The molecule has 0 nitrogen and oxygen atoms in total. The number of hydrogen-bond acceptors (Lipinski definition) is 0. The van der Waals surface area contributed by atoms with Crippen LogP contribution in [0, 0.1) is 11.6 Å². The molecule has 0 fully saturated rings. The smallest absolute Gasteiger partial charge is 0.207 e. The first-order valence-electron chi connectivity index (χ1n) is 3.89. The van der Waals surface area contributed by atoms with Crippen LogP contribution in [0.25, 0.3) is 0 Å². The van der Waals surface area contributed by atoms with Crippen molar-refractivity contribution >= 4 is 0 Å². The molecule has 0 saturated carbocycles. The molecule has 1 rings (SSSR count). The first-order chi connectivity index (χ1) is 6.38. The van der Waals surface area contributed by atoms with E-state index in [4.69, 9.17) is 0 Å². The molecule has 14 heavy (non-hydrogen) atoms. The van der Waals surface area contributed by atoms with Crippen LogP contribution in [-0.4, -0.2) is 6.18 Å². The average molecular weight is 210 g/mol. The maximum Gasteiger partial charge on any atom is 0.389 e. The molecule has 0 aromatic heterocycles. The molecule has 1 aromatic carbocycles. The maximum atomic E-state index is 12.8. The van der Waals surface area contributed by atoms with Crippen LogP contribution >= 0.6 is 0 Å². The molecule has 0 amide bonds. The number of aryl methyl sites for hydroxylation is 1. The highest BCUT2D eigenvalue weighted by molar-refractivity contribution is 5.18. The van der Waals surface area contributed by atoms with Gasteiger partial charge in [0.15, 0.2) is 0 Å². The minimum Gasteiger partial charge on any atom is -0.207 e. The Bertz CT molecular complexity index is 315. The number of benzene rings is 1. The Hall–Kier alpha value is -1.13. The first kappa shape index (κ1) is 10.9. The predicted molar refractivity (Wildman–Crippen MR) is 40.7 cm³/mol. The zero-order valence-electron chi connectivity index (χ0n) is 7.04. The Balaban J connectivity index is 2.72. The van der Waals surface area contributed by atoms with Gasteiger partial charge >= 0.3 is 6.18 Å². The molecule has 5 heteroatoms. The molecule has 0 unspecified atom stereocenters. The second-order valence-corrected chi connectivity index (χ2v) is 2.85. The minimum absolute atomic E-state index is 0.248. The summed E-state index contributed by atoms with van der Waals surface area (Å²) in [5.41, 5.74) is -0.248. The van der Waals surface area contributed by atoms with Gasteiger partial charge in [-0.25, -0.2) is 8.78 Å². The fourth-order valence-corrected chi connectivity index (χ4v) is 1.01. The molecule has 1 aromatic rings. The number of alkyl halides is 3. The Morgan fingerprint density at radius 3 is 2.29 bits per heavy atom. The van der Waals surface area contributed by atoms with Crippen molar-refractivity contribution in [1.82, 2.24) is 0 Å². The second-order valence-electron chi connectivity index (χ2n) is 2.85. The summed E-state index contributed by atoms with van der Waals surface area (Å²) in [6.07, 6.45) is -6.03. The van der Waals surface area contributed by atoms with Crippen molar-refractivity contribution < 1.29 is 22.0 Å².